The first-order chi connectivity index (χ1) is 18.3. The molecule has 216 valence electrons. The van der Waals surface area contributed by atoms with E-state index in [1.165, 1.54) is 4.31 Å². The lowest BCUT2D eigenvalue weighted by Crippen LogP contribution is -2.47. The zero-order chi connectivity index (χ0) is 29.1. The molecule has 39 heavy (non-hydrogen) atoms. The number of halogens is 3. The van der Waals surface area contributed by atoms with Crippen LogP contribution in [0.1, 0.15) is 31.4 Å². The fraction of sp³-hybridized carbons (Fsp3) is 0.481. The van der Waals surface area contributed by atoms with Gasteiger partial charge in [-0.05, 0) is 42.0 Å². The van der Waals surface area contributed by atoms with Crippen molar-refractivity contribution >= 4 is 21.9 Å². The number of alkyl halides is 3. The number of hydrogen-bond acceptors (Lipinski definition) is 5. The van der Waals surface area contributed by atoms with Gasteiger partial charge in [0.1, 0.15) is 0 Å². The molecule has 1 aliphatic rings. The maximum Gasteiger partial charge on any atom is 0.490 e. The minimum absolute atomic E-state index is 0.0127. The quantitative estimate of drug-likeness (QED) is 0.452. The largest absolute Gasteiger partial charge is 0.490 e. The molecule has 1 amide bonds. The molecule has 0 bridgehead atoms. The van der Waals surface area contributed by atoms with E-state index in [1.807, 2.05) is 47.4 Å². The molecule has 0 unspecified atom stereocenters. The number of amides is 1. The highest BCUT2D eigenvalue weighted by Crippen LogP contribution is 2.19. The van der Waals surface area contributed by atoms with Crippen molar-refractivity contribution in [3.05, 3.63) is 65.7 Å². The number of sulfonamides is 1. The molecule has 0 radical (unpaired) electrons. The number of piperazine rings is 1. The molecular formula is C27H36F3N3O5S. The second-order valence-corrected chi connectivity index (χ2v) is 11.5. The van der Waals surface area contributed by atoms with Crippen LogP contribution in [-0.4, -0.2) is 80.1 Å². The lowest BCUT2D eigenvalue weighted by Gasteiger charge is -2.29. The Labute approximate surface area is 227 Å². The molecule has 1 aliphatic heterocycles. The molecule has 3 rings (SSSR count). The Kier molecular flexibility index (Phi) is 12.4. The van der Waals surface area contributed by atoms with Crippen LogP contribution in [0.4, 0.5) is 13.2 Å². The number of hydrogen-bond donors (Lipinski definition) is 2. The normalized spacial score (nSPS) is 14.2. The highest BCUT2D eigenvalue weighted by Gasteiger charge is 2.38. The van der Waals surface area contributed by atoms with E-state index in [2.05, 4.69) is 19.2 Å². The monoisotopic (exact) mass is 571 g/mol. The molecular weight excluding hydrogens is 535 g/mol. The summed E-state index contributed by atoms with van der Waals surface area (Å²) in [6, 6.07) is 17.0. The summed E-state index contributed by atoms with van der Waals surface area (Å²) < 4.78 is 60.1. The molecule has 1 fully saturated rings. The van der Waals surface area contributed by atoms with E-state index < -0.39 is 22.2 Å². The molecule has 0 saturated carbocycles. The van der Waals surface area contributed by atoms with Crippen LogP contribution in [0.5, 0.6) is 0 Å². The van der Waals surface area contributed by atoms with E-state index in [4.69, 9.17) is 9.90 Å². The molecule has 0 spiro atoms. The van der Waals surface area contributed by atoms with Gasteiger partial charge < -0.3 is 15.3 Å². The Morgan fingerprint density at radius 3 is 2.05 bits per heavy atom. The number of benzene rings is 2. The van der Waals surface area contributed by atoms with Crippen molar-refractivity contribution < 1.29 is 36.3 Å². The molecule has 0 atom stereocenters. The number of carboxylic acid groups (broad SMARTS) is 1. The van der Waals surface area contributed by atoms with Crippen molar-refractivity contribution in [1.82, 2.24) is 14.5 Å². The third-order valence-electron chi connectivity index (χ3n) is 5.99. The minimum atomic E-state index is -5.08. The van der Waals surface area contributed by atoms with Gasteiger partial charge in [0.25, 0.3) is 0 Å². The molecule has 8 nitrogen and oxygen atoms in total. The Balaban J connectivity index is 0.000000673. The predicted molar refractivity (Wildman–Crippen MR) is 142 cm³/mol. The molecule has 1 saturated heterocycles. The average molecular weight is 572 g/mol. The summed E-state index contributed by atoms with van der Waals surface area (Å²) in [5.74, 6) is -2.23. The number of nitrogens with one attached hydrogen (secondary N) is 1. The fourth-order valence-electron chi connectivity index (χ4n) is 3.96. The molecule has 0 aliphatic carbocycles. The van der Waals surface area contributed by atoms with Crippen LogP contribution in [0.15, 0.2) is 59.5 Å². The van der Waals surface area contributed by atoms with E-state index >= 15 is 0 Å². The first kappa shape index (κ1) is 32.3. The van der Waals surface area contributed by atoms with Crippen molar-refractivity contribution in [2.75, 3.05) is 39.3 Å². The Bertz CT molecular complexity index is 1150. The van der Waals surface area contributed by atoms with Crippen LogP contribution >= 0.6 is 0 Å². The van der Waals surface area contributed by atoms with Crippen molar-refractivity contribution in [3.8, 4) is 0 Å². The number of carbonyl (C=O) groups excluding carboxylic acids is 1. The lowest BCUT2D eigenvalue weighted by molar-refractivity contribution is -0.192. The second-order valence-electron chi connectivity index (χ2n) is 9.57. The summed E-state index contributed by atoms with van der Waals surface area (Å²) in [7, 11) is -3.69. The van der Waals surface area contributed by atoms with Gasteiger partial charge in [0, 0.05) is 45.7 Å². The van der Waals surface area contributed by atoms with E-state index in [9.17, 15) is 26.4 Å². The van der Waals surface area contributed by atoms with Crippen molar-refractivity contribution in [3.63, 3.8) is 0 Å². The standard InChI is InChI=1S/C25H35N3O3S.C2HF3O2/c1-21(2)20-23-8-10-24(11-9-23)32(30,31)28(16-12-22-6-4-3-5-7-22)17-13-25(29)27-18-14-26-15-19-27;3-2(4,5)1(6)7/h3-11,21,26H,12-20H2,1-2H3;(H,6,7). The minimum Gasteiger partial charge on any atom is -0.475 e. The van der Waals surface area contributed by atoms with Gasteiger partial charge in [0.15, 0.2) is 0 Å². The summed E-state index contributed by atoms with van der Waals surface area (Å²) in [6.45, 7) is 7.73. The van der Waals surface area contributed by atoms with E-state index in [-0.39, 0.29) is 23.8 Å². The Hall–Kier alpha value is -2.96. The topological polar surface area (TPSA) is 107 Å². The van der Waals surface area contributed by atoms with Crippen LogP contribution in [-0.2, 0) is 32.5 Å². The molecule has 12 heteroatoms. The summed E-state index contributed by atoms with van der Waals surface area (Å²) in [4.78, 5) is 23.7. The van der Waals surface area contributed by atoms with Gasteiger partial charge in [-0.1, -0.05) is 56.3 Å². The van der Waals surface area contributed by atoms with E-state index in [0.717, 1.165) is 30.6 Å². The average Bonchev–Trinajstić information content (AvgIpc) is 2.89. The van der Waals surface area contributed by atoms with Crippen LogP contribution < -0.4 is 5.32 Å². The highest BCUT2D eigenvalue weighted by molar-refractivity contribution is 7.89. The van der Waals surface area contributed by atoms with Crippen molar-refractivity contribution in [2.24, 2.45) is 5.92 Å². The first-order valence-electron chi connectivity index (χ1n) is 12.7. The van der Waals surface area contributed by atoms with Gasteiger partial charge in [-0.3, -0.25) is 4.79 Å². The Morgan fingerprint density at radius 1 is 0.974 bits per heavy atom. The third-order valence-corrected chi connectivity index (χ3v) is 7.90. The number of rotatable bonds is 10. The van der Waals surface area contributed by atoms with Crippen molar-refractivity contribution in [2.45, 2.75) is 44.2 Å². The van der Waals surface area contributed by atoms with Crippen LogP contribution in [0.3, 0.4) is 0 Å². The molecule has 0 aromatic heterocycles. The smallest absolute Gasteiger partial charge is 0.475 e. The van der Waals surface area contributed by atoms with Gasteiger partial charge in [-0.15, -0.1) is 0 Å². The summed E-state index contributed by atoms with van der Waals surface area (Å²) in [5.41, 5.74) is 2.21. The number of nitrogens with zero attached hydrogens (tertiary/aromatic N) is 2. The Morgan fingerprint density at radius 2 is 1.54 bits per heavy atom. The van der Waals surface area contributed by atoms with Crippen LogP contribution in [0.25, 0.3) is 0 Å². The molecule has 2 aromatic carbocycles. The number of carboxylic acids is 1. The summed E-state index contributed by atoms with van der Waals surface area (Å²) >= 11 is 0. The summed E-state index contributed by atoms with van der Waals surface area (Å²) in [6.07, 6.45) is -3.37. The van der Waals surface area contributed by atoms with Gasteiger partial charge in [0.05, 0.1) is 4.90 Å². The summed E-state index contributed by atoms with van der Waals surface area (Å²) in [5, 5.41) is 10.4. The SMILES string of the molecule is CC(C)Cc1ccc(S(=O)(=O)N(CCC(=O)N2CCNCC2)CCc2ccccc2)cc1.O=C(O)C(F)(F)F. The van der Waals surface area contributed by atoms with Crippen LogP contribution in [0.2, 0.25) is 0 Å². The third kappa shape index (κ3) is 11.0. The zero-order valence-electron chi connectivity index (χ0n) is 22.2. The van der Waals surface area contributed by atoms with Gasteiger partial charge >= 0.3 is 12.1 Å². The molecule has 1 heterocycles. The molecule has 2 N–H and O–H groups in total. The highest BCUT2D eigenvalue weighted by atomic mass is 32.2. The number of aliphatic carboxylic acids is 1. The maximum absolute atomic E-state index is 13.5. The lowest BCUT2D eigenvalue weighted by atomic mass is 10.0. The van der Waals surface area contributed by atoms with Gasteiger partial charge in [-0.2, -0.15) is 17.5 Å². The molecule has 2 aromatic rings. The predicted octanol–water partition coefficient (Wildman–Crippen LogP) is 3.57. The number of carbonyl (C=O) groups is 2. The van der Waals surface area contributed by atoms with E-state index in [0.29, 0.717) is 32.0 Å². The van der Waals surface area contributed by atoms with Gasteiger partial charge in [-0.25, -0.2) is 13.2 Å². The second kappa shape index (κ2) is 15.0. The maximum atomic E-state index is 13.5. The zero-order valence-corrected chi connectivity index (χ0v) is 23.0. The van der Waals surface area contributed by atoms with Gasteiger partial charge in [0.2, 0.25) is 15.9 Å². The first-order valence-corrected chi connectivity index (χ1v) is 14.2. The van der Waals surface area contributed by atoms with Crippen molar-refractivity contribution in [1.29, 1.82) is 0 Å². The fourth-order valence-corrected chi connectivity index (χ4v) is 5.40. The van der Waals surface area contributed by atoms with Crippen LogP contribution in [0, 0.1) is 5.92 Å². The van der Waals surface area contributed by atoms with E-state index in [1.54, 1.807) is 12.1 Å².